The minimum Gasteiger partial charge on any atom is -0.462 e. The Hall–Kier alpha value is -2.11. The molecule has 0 N–H and O–H groups in total. The van der Waals surface area contributed by atoms with Crippen molar-refractivity contribution >= 4 is 17.9 Å². The maximum absolute atomic E-state index is 12.8. The van der Waals surface area contributed by atoms with E-state index in [4.69, 9.17) is 14.2 Å². The molecule has 0 aliphatic rings. The van der Waals surface area contributed by atoms with E-state index in [0.29, 0.717) is 19.3 Å². The summed E-state index contributed by atoms with van der Waals surface area (Å²) in [5.74, 6) is -0.870. The first-order valence-electron chi connectivity index (χ1n) is 26.3. The lowest BCUT2D eigenvalue weighted by Crippen LogP contribution is -2.30. The summed E-state index contributed by atoms with van der Waals surface area (Å²) in [6, 6.07) is 0. The van der Waals surface area contributed by atoms with E-state index in [0.717, 1.165) is 77.0 Å². The second-order valence-electron chi connectivity index (χ2n) is 17.8. The number of carbonyl (C=O) groups excluding carboxylic acids is 3. The van der Waals surface area contributed by atoms with E-state index >= 15 is 0 Å². The first-order chi connectivity index (χ1) is 29.5. The van der Waals surface area contributed by atoms with Gasteiger partial charge in [0.25, 0.3) is 0 Å². The molecule has 60 heavy (non-hydrogen) atoms. The molecule has 352 valence electrons. The number of carbonyl (C=O) groups is 3. The third kappa shape index (κ3) is 46.9. The summed E-state index contributed by atoms with van der Waals surface area (Å²) in [5.41, 5.74) is 0. The van der Waals surface area contributed by atoms with E-state index in [1.165, 1.54) is 167 Å². The lowest BCUT2D eigenvalue weighted by atomic mass is 10.0. The molecule has 0 bridgehead atoms. The van der Waals surface area contributed by atoms with Crippen molar-refractivity contribution in [1.29, 1.82) is 0 Å². The highest BCUT2D eigenvalue weighted by molar-refractivity contribution is 5.71. The molecule has 0 spiro atoms. The molecule has 6 heteroatoms. The average molecular weight is 845 g/mol. The van der Waals surface area contributed by atoms with Crippen LogP contribution in [0.25, 0.3) is 0 Å². The highest BCUT2D eigenvalue weighted by Gasteiger charge is 2.19. The Balaban J connectivity index is 4.34. The minimum atomic E-state index is -0.770. The van der Waals surface area contributed by atoms with Gasteiger partial charge in [0.2, 0.25) is 0 Å². The fourth-order valence-corrected chi connectivity index (χ4v) is 7.71. The van der Waals surface area contributed by atoms with Crippen LogP contribution in [-0.4, -0.2) is 37.2 Å². The van der Waals surface area contributed by atoms with E-state index in [1.807, 2.05) is 0 Å². The number of ether oxygens (including phenoxy) is 3. The van der Waals surface area contributed by atoms with Crippen molar-refractivity contribution in [1.82, 2.24) is 0 Å². The van der Waals surface area contributed by atoms with Gasteiger partial charge in [0.15, 0.2) is 6.10 Å². The SMILES string of the molecule is CCCCC/C=C\C/C=C\CCCCCCCC(=O)OC[C@H](COC(=O)CCCCCCCCCCCCCCCCC)OC(=O)CCCCCCCCCCCCCC. The Morgan fingerprint density at radius 3 is 0.950 bits per heavy atom. The molecule has 1 atom stereocenters. The van der Waals surface area contributed by atoms with Crippen LogP contribution in [0.3, 0.4) is 0 Å². The summed E-state index contributed by atoms with van der Waals surface area (Å²) in [7, 11) is 0. The molecule has 6 nitrogen and oxygen atoms in total. The predicted molar refractivity (Wildman–Crippen MR) is 256 cm³/mol. The van der Waals surface area contributed by atoms with Crippen LogP contribution in [0, 0.1) is 0 Å². The van der Waals surface area contributed by atoms with E-state index in [1.54, 1.807) is 0 Å². The molecular formula is C54H100O6. The van der Waals surface area contributed by atoms with Gasteiger partial charge in [-0.2, -0.15) is 0 Å². The van der Waals surface area contributed by atoms with Crippen LogP contribution in [0.5, 0.6) is 0 Å². The molecule has 0 aromatic rings. The second kappa shape index (κ2) is 49.5. The number of hydrogen-bond donors (Lipinski definition) is 0. The van der Waals surface area contributed by atoms with Crippen molar-refractivity contribution < 1.29 is 28.6 Å². The molecule has 0 aromatic carbocycles. The quantitative estimate of drug-likeness (QED) is 0.0263. The van der Waals surface area contributed by atoms with Crippen molar-refractivity contribution in [2.45, 2.75) is 290 Å². The summed E-state index contributed by atoms with van der Waals surface area (Å²) in [5, 5.41) is 0. The minimum absolute atomic E-state index is 0.0707. The molecule has 0 saturated heterocycles. The van der Waals surface area contributed by atoms with Crippen LogP contribution in [0.15, 0.2) is 24.3 Å². The average Bonchev–Trinajstić information content (AvgIpc) is 3.24. The first kappa shape index (κ1) is 57.9. The van der Waals surface area contributed by atoms with Crippen LogP contribution >= 0.6 is 0 Å². The monoisotopic (exact) mass is 845 g/mol. The Morgan fingerprint density at radius 2 is 0.600 bits per heavy atom. The third-order valence-corrected chi connectivity index (χ3v) is 11.7. The Kier molecular flexibility index (Phi) is 47.8. The fraction of sp³-hybridized carbons (Fsp3) is 0.870. The smallest absolute Gasteiger partial charge is 0.306 e. The molecular weight excluding hydrogens is 745 g/mol. The number of rotatable bonds is 48. The number of allylic oxidation sites excluding steroid dienone is 4. The molecule has 0 rings (SSSR count). The molecule has 0 amide bonds. The molecule has 0 aliphatic heterocycles. The van der Waals surface area contributed by atoms with Crippen LogP contribution in [-0.2, 0) is 28.6 Å². The molecule has 0 heterocycles. The lowest BCUT2D eigenvalue weighted by molar-refractivity contribution is -0.167. The van der Waals surface area contributed by atoms with Gasteiger partial charge in [-0.25, -0.2) is 0 Å². The van der Waals surface area contributed by atoms with Crippen molar-refractivity contribution in [3.05, 3.63) is 24.3 Å². The van der Waals surface area contributed by atoms with Gasteiger partial charge in [0.05, 0.1) is 0 Å². The zero-order valence-corrected chi connectivity index (χ0v) is 40.2. The van der Waals surface area contributed by atoms with Crippen molar-refractivity contribution in [3.63, 3.8) is 0 Å². The van der Waals surface area contributed by atoms with Crippen LogP contribution in [0.4, 0.5) is 0 Å². The highest BCUT2D eigenvalue weighted by atomic mass is 16.6. The van der Waals surface area contributed by atoms with E-state index in [9.17, 15) is 14.4 Å². The fourth-order valence-electron chi connectivity index (χ4n) is 7.71. The Bertz CT molecular complexity index is 973. The van der Waals surface area contributed by atoms with Crippen LogP contribution in [0.1, 0.15) is 284 Å². The maximum Gasteiger partial charge on any atom is 0.306 e. The molecule has 0 aromatic heterocycles. The largest absolute Gasteiger partial charge is 0.462 e. The van der Waals surface area contributed by atoms with Crippen molar-refractivity contribution in [2.24, 2.45) is 0 Å². The number of unbranched alkanes of at least 4 members (excludes halogenated alkanes) is 33. The summed E-state index contributed by atoms with van der Waals surface area (Å²) < 4.78 is 16.8. The summed E-state index contributed by atoms with van der Waals surface area (Å²) >= 11 is 0. The molecule has 0 fully saturated rings. The second-order valence-corrected chi connectivity index (χ2v) is 17.8. The van der Waals surface area contributed by atoms with Crippen LogP contribution in [0.2, 0.25) is 0 Å². The Labute approximate surface area is 373 Å². The molecule has 0 saturated carbocycles. The van der Waals surface area contributed by atoms with Crippen molar-refractivity contribution in [3.8, 4) is 0 Å². The van der Waals surface area contributed by atoms with Crippen LogP contribution < -0.4 is 0 Å². The number of esters is 3. The lowest BCUT2D eigenvalue weighted by Gasteiger charge is -2.18. The first-order valence-corrected chi connectivity index (χ1v) is 26.3. The zero-order valence-electron chi connectivity index (χ0n) is 40.2. The van der Waals surface area contributed by atoms with E-state index in [2.05, 4.69) is 45.1 Å². The van der Waals surface area contributed by atoms with Gasteiger partial charge in [-0.3, -0.25) is 14.4 Å². The highest BCUT2D eigenvalue weighted by Crippen LogP contribution is 2.16. The predicted octanol–water partition coefficient (Wildman–Crippen LogP) is 17.2. The third-order valence-electron chi connectivity index (χ3n) is 11.7. The van der Waals surface area contributed by atoms with Gasteiger partial charge in [-0.05, 0) is 51.4 Å². The molecule has 0 aliphatic carbocycles. The van der Waals surface area contributed by atoms with Gasteiger partial charge in [0.1, 0.15) is 13.2 Å². The van der Waals surface area contributed by atoms with Gasteiger partial charge < -0.3 is 14.2 Å². The van der Waals surface area contributed by atoms with E-state index in [-0.39, 0.29) is 31.1 Å². The molecule has 0 unspecified atom stereocenters. The van der Waals surface area contributed by atoms with Crippen molar-refractivity contribution in [2.75, 3.05) is 13.2 Å². The van der Waals surface area contributed by atoms with Gasteiger partial charge in [0, 0.05) is 19.3 Å². The summed E-state index contributed by atoms with van der Waals surface area (Å²) in [6.07, 6.45) is 55.8. The van der Waals surface area contributed by atoms with E-state index < -0.39 is 6.10 Å². The number of hydrogen-bond acceptors (Lipinski definition) is 6. The summed E-state index contributed by atoms with van der Waals surface area (Å²) in [4.78, 5) is 38.0. The topological polar surface area (TPSA) is 78.9 Å². The maximum atomic E-state index is 12.8. The van der Waals surface area contributed by atoms with Gasteiger partial charge >= 0.3 is 17.9 Å². The zero-order chi connectivity index (χ0) is 43.7. The normalized spacial score (nSPS) is 12.1. The van der Waals surface area contributed by atoms with Gasteiger partial charge in [-0.1, -0.05) is 238 Å². The summed E-state index contributed by atoms with van der Waals surface area (Å²) in [6.45, 7) is 6.63. The van der Waals surface area contributed by atoms with Gasteiger partial charge in [-0.15, -0.1) is 0 Å². The molecule has 0 radical (unpaired) electrons. The Morgan fingerprint density at radius 1 is 0.333 bits per heavy atom. The standard InChI is InChI=1S/C54H100O6/c1-4-7-10-13-16-19-22-25-27-29-32-34-37-40-43-46-52(55)58-49-51(60-54(57)48-45-42-39-36-31-24-21-18-15-12-9-6-3)50-59-53(56)47-44-41-38-35-33-30-28-26-23-20-17-14-11-8-5-2/h16,19,25,27,51H,4-15,17-18,20-24,26,28-50H2,1-3H3/b19-16-,27-25-/t51-/m1/s1.